The first-order chi connectivity index (χ1) is 9.10. The number of alkyl halides is 1. The van der Waals surface area contributed by atoms with Crippen LogP contribution in [0.15, 0.2) is 12.1 Å². The Labute approximate surface area is 120 Å². The van der Waals surface area contributed by atoms with Crippen LogP contribution in [0, 0.1) is 0 Å². The fraction of sp³-hybridized carbons (Fsp3) is 0.462. The topological polar surface area (TPSA) is 81.8 Å². The number of unbranched alkanes of at least 4 members (excludes halogenated alkanes) is 2. The van der Waals surface area contributed by atoms with Gasteiger partial charge in [0.15, 0.2) is 11.5 Å². The van der Waals surface area contributed by atoms with Crippen molar-refractivity contribution in [3.63, 3.8) is 0 Å². The second-order valence-corrected chi connectivity index (χ2v) is 4.79. The first kappa shape index (κ1) is 15.6. The Balaban J connectivity index is 2.72. The van der Waals surface area contributed by atoms with Gasteiger partial charge in [0, 0.05) is 17.5 Å². The molecular weight excluding hydrogens is 314 g/mol. The van der Waals surface area contributed by atoms with Crippen molar-refractivity contribution >= 4 is 27.6 Å². The number of anilines is 1. The molecule has 0 bridgehead atoms. The molecule has 0 aliphatic rings. The third-order valence-electron chi connectivity index (χ3n) is 2.60. The molecule has 19 heavy (non-hydrogen) atoms. The third-order valence-corrected chi connectivity index (χ3v) is 3.16. The lowest BCUT2D eigenvalue weighted by atomic mass is 10.1. The average Bonchev–Trinajstić information content (AvgIpc) is 2.38. The molecule has 0 unspecified atom stereocenters. The van der Waals surface area contributed by atoms with Gasteiger partial charge in [0.25, 0.3) is 0 Å². The quantitative estimate of drug-likeness (QED) is 0.435. The van der Waals surface area contributed by atoms with Gasteiger partial charge in [-0.15, -0.1) is 0 Å². The molecule has 3 N–H and O–H groups in total. The monoisotopic (exact) mass is 331 g/mol. The van der Waals surface area contributed by atoms with Crippen LogP contribution in [0.25, 0.3) is 0 Å². The van der Waals surface area contributed by atoms with E-state index in [1.54, 1.807) is 0 Å². The van der Waals surface area contributed by atoms with Crippen LogP contribution in [0.1, 0.15) is 29.6 Å². The molecule has 106 valence electrons. The average molecular weight is 332 g/mol. The lowest BCUT2D eigenvalue weighted by molar-refractivity contribution is 0.0697. The van der Waals surface area contributed by atoms with E-state index in [0.29, 0.717) is 18.1 Å². The molecule has 1 aromatic carbocycles. The molecule has 6 heteroatoms. The fourth-order valence-electron chi connectivity index (χ4n) is 1.59. The van der Waals surface area contributed by atoms with Crippen molar-refractivity contribution < 1.29 is 19.4 Å². The van der Waals surface area contributed by atoms with E-state index in [1.165, 1.54) is 19.2 Å². The van der Waals surface area contributed by atoms with E-state index >= 15 is 0 Å². The van der Waals surface area contributed by atoms with Crippen LogP contribution in [-0.4, -0.2) is 30.1 Å². The molecule has 0 heterocycles. The van der Waals surface area contributed by atoms with Crippen molar-refractivity contribution in [2.75, 3.05) is 24.8 Å². The third kappa shape index (κ3) is 4.63. The summed E-state index contributed by atoms with van der Waals surface area (Å²) in [6, 6.07) is 2.87. The summed E-state index contributed by atoms with van der Waals surface area (Å²) in [7, 11) is 1.47. The van der Waals surface area contributed by atoms with Gasteiger partial charge in [0.2, 0.25) is 0 Å². The molecular formula is C13H18BrNO4. The summed E-state index contributed by atoms with van der Waals surface area (Å²) >= 11 is 3.37. The molecule has 0 atom stereocenters. The van der Waals surface area contributed by atoms with Crippen LogP contribution in [0.2, 0.25) is 0 Å². The molecule has 0 saturated heterocycles. The van der Waals surface area contributed by atoms with Crippen LogP contribution >= 0.6 is 15.9 Å². The van der Waals surface area contributed by atoms with Gasteiger partial charge in [0.05, 0.1) is 25.0 Å². The van der Waals surface area contributed by atoms with Crippen molar-refractivity contribution in [2.45, 2.75) is 19.3 Å². The molecule has 0 spiro atoms. The number of carboxylic acids is 1. The van der Waals surface area contributed by atoms with Crippen molar-refractivity contribution in [2.24, 2.45) is 0 Å². The van der Waals surface area contributed by atoms with E-state index < -0.39 is 5.97 Å². The smallest absolute Gasteiger partial charge is 0.337 e. The maximum absolute atomic E-state index is 11.0. The van der Waals surface area contributed by atoms with E-state index in [-0.39, 0.29) is 11.3 Å². The number of benzene rings is 1. The number of aromatic carboxylic acids is 1. The first-order valence-electron chi connectivity index (χ1n) is 5.99. The number of hydrogen-bond donors (Lipinski definition) is 2. The molecule has 1 aromatic rings. The maximum atomic E-state index is 11.0. The highest BCUT2D eigenvalue weighted by Crippen LogP contribution is 2.32. The zero-order chi connectivity index (χ0) is 14.3. The summed E-state index contributed by atoms with van der Waals surface area (Å²) in [6.07, 6.45) is 3.09. The molecule has 1 rings (SSSR count). The van der Waals surface area contributed by atoms with Gasteiger partial charge in [0.1, 0.15) is 0 Å². The minimum atomic E-state index is -1.08. The zero-order valence-corrected chi connectivity index (χ0v) is 12.4. The van der Waals surface area contributed by atoms with Gasteiger partial charge >= 0.3 is 5.97 Å². The van der Waals surface area contributed by atoms with E-state index in [2.05, 4.69) is 15.9 Å². The van der Waals surface area contributed by atoms with Gasteiger partial charge in [-0.3, -0.25) is 0 Å². The molecule has 0 aliphatic heterocycles. The minimum absolute atomic E-state index is 0.0171. The Morgan fingerprint density at radius 1 is 1.32 bits per heavy atom. The van der Waals surface area contributed by atoms with Crippen LogP contribution in [0.3, 0.4) is 0 Å². The summed E-state index contributed by atoms with van der Waals surface area (Å²) in [5.41, 5.74) is 5.86. The highest BCUT2D eigenvalue weighted by molar-refractivity contribution is 9.09. The van der Waals surface area contributed by atoms with E-state index in [1.807, 2.05) is 0 Å². The van der Waals surface area contributed by atoms with Gasteiger partial charge in [-0.2, -0.15) is 0 Å². The number of halogens is 1. The van der Waals surface area contributed by atoms with Crippen molar-refractivity contribution in [1.82, 2.24) is 0 Å². The summed E-state index contributed by atoms with van der Waals surface area (Å²) in [4.78, 5) is 11.0. The molecule has 5 nitrogen and oxygen atoms in total. The van der Waals surface area contributed by atoms with E-state index in [9.17, 15) is 4.79 Å². The van der Waals surface area contributed by atoms with Crippen LogP contribution in [0.4, 0.5) is 5.69 Å². The van der Waals surface area contributed by atoms with Crippen LogP contribution < -0.4 is 15.2 Å². The minimum Gasteiger partial charge on any atom is -0.493 e. The number of methoxy groups -OCH3 is 1. The second kappa shape index (κ2) is 7.89. The lowest BCUT2D eigenvalue weighted by Crippen LogP contribution is -2.06. The summed E-state index contributed by atoms with van der Waals surface area (Å²) < 4.78 is 10.7. The highest BCUT2D eigenvalue weighted by atomic mass is 79.9. The zero-order valence-electron chi connectivity index (χ0n) is 10.8. The predicted octanol–water partition coefficient (Wildman–Crippen LogP) is 2.92. The fourth-order valence-corrected chi connectivity index (χ4v) is 1.99. The SMILES string of the molecule is COc1cc(C(=O)O)c(N)cc1OCCCCCBr. The number of carbonyl (C=O) groups is 1. The Morgan fingerprint density at radius 3 is 2.63 bits per heavy atom. The predicted molar refractivity (Wildman–Crippen MR) is 77.5 cm³/mol. The molecule has 0 radical (unpaired) electrons. The number of nitrogen functional groups attached to an aromatic ring is 1. The Morgan fingerprint density at radius 2 is 2.05 bits per heavy atom. The van der Waals surface area contributed by atoms with Crippen molar-refractivity contribution in [3.05, 3.63) is 17.7 Å². The number of ether oxygens (including phenoxy) is 2. The molecule has 0 aliphatic carbocycles. The van der Waals surface area contributed by atoms with Gasteiger partial charge in [-0.1, -0.05) is 15.9 Å². The summed E-state index contributed by atoms with van der Waals surface area (Å²) in [5.74, 6) is -0.226. The maximum Gasteiger partial charge on any atom is 0.337 e. The second-order valence-electron chi connectivity index (χ2n) is 3.99. The molecule has 0 amide bonds. The number of hydrogen-bond acceptors (Lipinski definition) is 4. The van der Waals surface area contributed by atoms with Crippen LogP contribution in [0.5, 0.6) is 11.5 Å². The Kier molecular flexibility index (Phi) is 6.49. The van der Waals surface area contributed by atoms with Crippen LogP contribution in [-0.2, 0) is 0 Å². The number of rotatable bonds is 8. The molecule has 0 fully saturated rings. The normalized spacial score (nSPS) is 10.2. The number of carboxylic acid groups (broad SMARTS) is 1. The van der Waals surface area contributed by atoms with E-state index in [0.717, 1.165) is 24.6 Å². The van der Waals surface area contributed by atoms with Gasteiger partial charge < -0.3 is 20.3 Å². The van der Waals surface area contributed by atoms with Gasteiger partial charge in [-0.25, -0.2) is 4.79 Å². The Hall–Kier alpha value is -1.43. The first-order valence-corrected chi connectivity index (χ1v) is 7.12. The lowest BCUT2D eigenvalue weighted by Gasteiger charge is -2.12. The van der Waals surface area contributed by atoms with E-state index in [4.69, 9.17) is 20.3 Å². The summed E-state index contributed by atoms with van der Waals surface area (Å²) in [6.45, 7) is 0.551. The largest absolute Gasteiger partial charge is 0.493 e. The summed E-state index contributed by atoms with van der Waals surface area (Å²) in [5, 5.41) is 9.95. The molecule has 0 aromatic heterocycles. The standard InChI is InChI=1S/C13H18BrNO4/c1-18-11-7-9(13(16)17)10(15)8-12(11)19-6-4-2-3-5-14/h7-8H,2-6,15H2,1H3,(H,16,17). The van der Waals surface area contributed by atoms with Crippen molar-refractivity contribution in [1.29, 1.82) is 0 Å². The highest BCUT2D eigenvalue weighted by Gasteiger charge is 2.14. The number of nitrogens with two attached hydrogens (primary N) is 1. The Bertz CT molecular complexity index is 437. The van der Waals surface area contributed by atoms with Crippen molar-refractivity contribution in [3.8, 4) is 11.5 Å². The molecule has 0 saturated carbocycles. The van der Waals surface area contributed by atoms with Gasteiger partial charge in [-0.05, 0) is 19.3 Å².